The summed E-state index contributed by atoms with van der Waals surface area (Å²) in [6.07, 6.45) is 11.6. The van der Waals surface area contributed by atoms with E-state index in [4.69, 9.17) is 5.11 Å². The minimum Gasteiger partial charge on any atom is -0.481 e. The molecule has 3 heteroatoms. The first-order valence-corrected chi connectivity index (χ1v) is 9.11. The topological polar surface area (TPSA) is 54.4 Å². The molecule has 3 nitrogen and oxygen atoms in total. The van der Waals surface area contributed by atoms with Crippen LogP contribution in [0, 0.1) is 11.8 Å². The van der Waals surface area contributed by atoms with Gasteiger partial charge < -0.3 is 9.90 Å². The number of rotatable bonds is 11. The third-order valence-electron chi connectivity index (χ3n) is 3.77. The summed E-state index contributed by atoms with van der Waals surface area (Å²) in [6, 6.07) is 0. The van der Waals surface area contributed by atoms with Gasteiger partial charge in [-0.3, -0.25) is 4.79 Å². The van der Waals surface area contributed by atoms with Gasteiger partial charge in [-0.2, -0.15) is 0 Å². The van der Waals surface area contributed by atoms with Crippen LogP contribution in [0.1, 0.15) is 86.5 Å². The van der Waals surface area contributed by atoms with Gasteiger partial charge in [-0.25, -0.2) is 0 Å². The summed E-state index contributed by atoms with van der Waals surface area (Å²) < 4.78 is 0. The summed E-state index contributed by atoms with van der Waals surface area (Å²) in [4.78, 5) is 20.4. The Balaban J connectivity index is 0. The van der Waals surface area contributed by atoms with Crippen molar-refractivity contribution in [2.75, 3.05) is 0 Å². The predicted molar refractivity (Wildman–Crippen MR) is 103 cm³/mol. The number of hydrogen-bond donors (Lipinski definition) is 1. The van der Waals surface area contributed by atoms with Gasteiger partial charge in [-0.05, 0) is 71.6 Å². The van der Waals surface area contributed by atoms with Crippen LogP contribution >= 0.6 is 0 Å². The quantitative estimate of drug-likeness (QED) is 0.361. The summed E-state index contributed by atoms with van der Waals surface area (Å²) >= 11 is 0. The van der Waals surface area contributed by atoms with Crippen LogP contribution in [0.3, 0.4) is 0 Å². The minimum absolute atomic E-state index is 0.302. The van der Waals surface area contributed by atoms with Crippen molar-refractivity contribution in [2.45, 2.75) is 86.5 Å². The maximum absolute atomic E-state index is 10.3. The van der Waals surface area contributed by atoms with Crippen LogP contribution in [0.2, 0.25) is 0 Å². The molecule has 0 spiro atoms. The van der Waals surface area contributed by atoms with E-state index in [2.05, 4.69) is 53.7 Å². The number of carboxylic acid groups (broad SMARTS) is 1. The molecule has 0 aliphatic rings. The maximum Gasteiger partial charge on any atom is 0.303 e. The Morgan fingerprint density at radius 2 is 1.33 bits per heavy atom. The number of carbonyl (C=O) groups excluding carboxylic acids is 1. The van der Waals surface area contributed by atoms with Gasteiger partial charge in [-0.1, -0.05) is 37.1 Å². The van der Waals surface area contributed by atoms with Gasteiger partial charge in [0, 0.05) is 12.8 Å². The Morgan fingerprint density at radius 1 is 0.875 bits per heavy atom. The van der Waals surface area contributed by atoms with Crippen molar-refractivity contribution in [3.8, 4) is 0 Å². The van der Waals surface area contributed by atoms with E-state index in [1.54, 1.807) is 0 Å². The molecule has 2 atom stereocenters. The van der Waals surface area contributed by atoms with E-state index in [1.165, 1.54) is 11.1 Å². The molecule has 0 aromatic rings. The van der Waals surface area contributed by atoms with E-state index >= 15 is 0 Å². The van der Waals surface area contributed by atoms with Crippen molar-refractivity contribution in [2.24, 2.45) is 11.8 Å². The minimum atomic E-state index is -0.686. The fourth-order valence-electron chi connectivity index (χ4n) is 2.11. The Morgan fingerprint density at radius 3 is 1.71 bits per heavy atom. The third-order valence-corrected chi connectivity index (χ3v) is 3.77. The molecule has 0 radical (unpaired) electrons. The molecule has 1 N–H and O–H groups in total. The molecule has 0 heterocycles. The lowest BCUT2D eigenvalue weighted by molar-refractivity contribution is -0.137. The Bertz CT molecular complexity index is 386. The zero-order chi connectivity index (χ0) is 19.0. The first-order chi connectivity index (χ1) is 11.2. The van der Waals surface area contributed by atoms with Gasteiger partial charge in [0.15, 0.2) is 0 Å². The van der Waals surface area contributed by atoms with E-state index in [9.17, 15) is 9.59 Å². The Kier molecular flexibility index (Phi) is 17.1. The number of aliphatic carboxylic acids is 1. The molecule has 0 rings (SSSR count). The molecule has 0 aliphatic carbocycles. The number of allylic oxidation sites excluding steroid dienone is 4. The lowest BCUT2D eigenvalue weighted by Crippen LogP contribution is -2.00. The summed E-state index contributed by atoms with van der Waals surface area (Å²) in [6.45, 7) is 12.6. The summed E-state index contributed by atoms with van der Waals surface area (Å²) in [5.74, 6) is 0.379. The summed E-state index contributed by atoms with van der Waals surface area (Å²) in [5.41, 5.74) is 2.70. The molecule has 0 saturated carbocycles. The zero-order valence-electron chi connectivity index (χ0n) is 16.6. The highest BCUT2D eigenvalue weighted by molar-refractivity contribution is 5.66. The van der Waals surface area contributed by atoms with Gasteiger partial charge >= 0.3 is 5.97 Å². The largest absolute Gasteiger partial charge is 0.481 e. The fraction of sp³-hybridized carbons (Fsp3) is 0.714. The fourth-order valence-corrected chi connectivity index (χ4v) is 2.11. The van der Waals surface area contributed by atoms with Gasteiger partial charge in [-0.15, -0.1) is 0 Å². The van der Waals surface area contributed by atoms with Crippen molar-refractivity contribution >= 4 is 12.3 Å². The van der Waals surface area contributed by atoms with Crippen LogP contribution in [0.25, 0.3) is 0 Å². The number of aldehydes is 1. The van der Waals surface area contributed by atoms with E-state index in [0.717, 1.165) is 38.4 Å². The molecular formula is C21H38O3. The van der Waals surface area contributed by atoms with E-state index in [-0.39, 0.29) is 0 Å². The highest BCUT2D eigenvalue weighted by atomic mass is 16.4. The molecule has 0 aliphatic heterocycles. The van der Waals surface area contributed by atoms with E-state index < -0.39 is 5.97 Å². The lowest BCUT2D eigenvalue weighted by atomic mass is 9.99. The first kappa shape index (κ1) is 24.9. The number of carboxylic acids is 1. The smallest absolute Gasteiger partial charge is 0.303 e. The molecule has 0 amide bonds. The number of carbonyl (C=O) groups is 2. The molecule has 0 aromatic carbocycles. The first-order valence-electron chi connectivity index (χ1n) is 9.11. The highest BCUT2D eigenvalue weighted by Gasteiger charge is 2.04. The van der Waals surface area contributed by atoms with Crippen molar-refractivity contribution in [1.29, 1.82) is 0 Å². The van der Waals surface area contributed by atoms with Crippen molar-refractivity contribution in [3.05, 3.63) is 23.3 Å². The molecule has 140 valence electrons. The maximum atomic E-state index is 10.3. The molecule has 2 unspecified atom stereocenters. The van der Waals surface area contributed by atoms with E-state index in [1.807, 2.05) is 0 Å². The number of hydrogen-bond acceptors (Lipinski definition) is 2. The SMILES string of the molecule is CC(C)=CCCC(C)CC=O.CC(C)=CCCC(C)CCC(=O)O. The molecule has 0 fully saturated rings. The summed E-state index contributed by atoms with van der Waals surface area (Å²) in [5, 5.41) is 8.46. The lowest BCUT2D eigenvalue weighted by Gasteiger charge is -2.07. The molecule has 0 bridgehead atoms. The Hall–Kier alpha value is -1.38. The third kappa shape index (κ3) is 22.9. The standard InChI is InChI=1S/C11H20O2.C10H18O/c1-9(2)5-4-6-10(3)7-8-11(12)13;1-9(2)5-4-6-10(3)7-8-11/h5,10H,4,6-8H2,1-3H3,(H,12,13);5,8,10H,4,6-7H2,1-3H3. The van der Waals surface area contributed by atoms with Crippen LogP contribution in [-0.2, 0) is 9.59 Å². The van der Waals surface area contributed by atoms with Crippen molar-refractivity contribution < 1.29 is 14.7 Å². The van der Waals surface area contributed by atoms with Crippen molar-refractivity contribution in [3.63, 3.8) is 0 Å². The molecule has 24 heavy (non-hydrogen) atoms. The average molecular weight is 339 g/mol. The summed E-state index contributed by atoms with van der Waals surface area (Å²) in [7, 11) is 0. The van der Waals surface area contributed by atoms with Gasteiger partial charge in [0.1, 0.15) is 6.29 Å². The van der Waals surface area contributed by atoms with Gasteiger partial charge in [0.2, 0.25) is 0 Å². The highest BCUT2D eigenvalue weighted by Crippen LogP contribution is 2.13. The van der Waals surface area contributed by atoms with Gasteiger partial charge in [0.05, 0.1) is 0 Å². The normalized spacial score (nSPS) is 12.2. The monoisotopic (exact) mass is 338 g/mol. The second-order valence-corrected chi connectivity index (χ2v) is 7.26. The van der Waals surface area contributed by atoms with Crippen LogP contribution in [0.15, 0.2) is 23.3 Å². The van der Waals surface area contributed by atoms with Crippen LogP contribution in [-0.4, -0.2) is 17.4 Å². The van der Waals surface area contributed by atoms with Crippen LogP contribution in [0.5, 0.6) is 0 Å². The van der Waals surface area contributed by atoms with Crippen LogP contribution < -0.4 is 0 Å². The predicted octanol–water partition coefficient (Wildman–Crippen LogP) is 6.19. The second-order valence-electron chi connectivity index (χ2n) is 7.26. The molecule has 0 saturated heterocycles. The van der Waals surface area contributed by atoms with Crippen molar-refractivity contribution in [1.82, 2.24) is 0 Å². The average Bonchev–Trinajstić information content (AvgIpc) is 2.45. The van der Waals surface area contributed by atoms with Gasteiger partial charge in [0.25, 0.3) is 0 Å². The molecular weight excluding hydrogens is 300 g/mol. The second kappa shape index (κ2) is 16.5. The molecule has 0 aromatic heterocycles. The zero-order valence-corrected chi connectivity index (χ0v) is 16.6. The van der Waals surface area contributed by atoms with Crippen LogP contribution in [0.4, 0.5) is 0 Å². The Labute approximate surface area is 149 Å². The van der Waals surface area contributed by atoms with E-state index in [0.29, 0.717) is 24.7 Å².